The van der Waals surface area contributed by atoms with Crippen LogP contribution in [0.1, 0.15) is 0 Å². The van der Waals surface area contributed by atoms with Crippen LogP contribution in [-0.2, 0) is 0 Å². The monoisotopic (exact) mass is 377 g/mol. The molecule has 1 saturated heterocycles. The highest BCUT2D eigenvalue weighted by Crippen LogP contribution is 2.21. The third-order valence-corrected chi connectivity index (χ3v) is 4.33. The molecule has 0 atom stereocenters. The number of hydrogen-bond acceptors (Lipinski definition) is 2. The van der Waals surface area contributed by atoms with Gasteiger partial charge in [-0.05, 0) is 42.5 Å². The number of amides is 2. The molecule has 2 aromatic carbocycles. The lowest BCUT2D eigenvalue weighted by Gasteiger charge is -2.36. The standard InChI is InChI=1S/C17H17BrFN3O/c18-13-2-1-3-16(12-13)21-8-10-22(11-9-21)17(23)20-15-6-4-14(19)5-7-15/h1-7,12H,8-11H2,(H,20,23). The summed E-state index contributed by atoms with van der Waals surface area (Å²) in [5.74, 6) is -0.314. The summed E-state index contributed by atoms with van der Waals surface area (Å²) in [4.78, 5) is 16.3. The molecule has 0 radical (unpaired) electrons. The van der Waals surface area contributed by atoms with E-state index in [9.17, 15) is 9.18 Å². The number of hydrogen-bond donors (Lipinski definition) is 1. The lowest BCUT2D eigenvalue weighted by molar-refractivity contribution is 0.208. The molecule has 1 fully saturated rings. The smallest absolute Gasteiger partial charge is 0.321 e. The van der Waals surface area contributed by atoms with Gasteiger partial charge in [0.15, 0.2) is 0 Å². The van der Waals surface area contributed by atoms with Crippen molar-refractivity contribution in [1.82, 2.24) is 4.90 Å². The van der Waals surface area contributed by atoms with Gasteiger partial charge in [-0.1, -0.05) is 22.0 Å². The minimum absolute atomic E-state index is 0.148. The van der Waals surface area contributed by atoms with Gasteiger partial charge in [0.05, 0.1) is 0 Å². The van der Waals surface area contributed by atoms with Crippen LogP contribution in [0.5, 0.6) is 0 Å². The van der Waals surface area contributed by atoms with E-state index < -0.39 is 0 Å². The van der Waals surface area contributed by atoms with Crippen LogP contribution in [0.4, 0.5) is 20.6 Å². The van der Waals surface area contributed by atoms with E-state index in [2.05, 4.69) is 38.3 Å². The van der Waals surface area contributed by atoms with Crippen molar-refractivity contribution in [3.63, 3.8) is 0 Å². The van der Waals surface area contributed by atoms with Crippen LogP contribution < -0.4 is 10.2 Å². The van der Waals surface area contributed by atoms with E-state index in [0.717, 1.165) is 23.2 Å². The first-order valence-electron chi connectivity index (χ1n) is 7.44. The Labute approximate surface area is 143 Å². The number of nitrogens with one attached hydrogen (secondary N) is 1. The molecule has 0 bridgehead atoms. The maximum Gasteiger partial charge on any atom is 0.321 e. The van der Waals surface area contributed by atoms with E-state index in [1.165, 1.54) is 12.1 Å². The Morgan fingerprint density at radius 2 is 1.74 bits per heavy atom. The molecule has 1 heterocycles. The number of urea groups is 1. The number of rotatable bonds is 2. The molecule has 0 spiro atoms. The molecular formula is C17H17BrFN3O. The largest absolute Gasteiger partial charge is 0.368 e. The topological polar surface area (TPSA) is 35.6 Å². The van der Waals surface area contributed by atoms with Crippen LogP contribution in [0.15, 0.2) is 53.0 Å². The SMILES string of the molecule is O=C(Nc1ccc(F)cc1)N1CCN(c2cccc(Br)c2)CC1. The summed E-state index contributed by atoms with van der Waals surface area (Å²) in [6.07, 6.45) is 0. The van der Waals surface area contributed by atoms with Crippen LogP contribution in [0.2, 0.25) is 0 Å². The van der Waals surface area contributed by atoms with Crippen molar-refractivity contribution in [1.29, 1.82) is 0 Å². The van der Waals surface area contributed by atoms with Gasteiger partial charge in [0.25, 0.3) is 0 Å². The van der Waals surface area contributed by atoms with Crippen molar-refractivity contribution in [3.05, 3.63) is 58.8 Å². The van der Waals surface area contributed by atoms with Gasteiger partial charge in [-0.25, -0.2) is 9.18 Å². The van der Waals surface area contributed by atoms with Crippen molar-refractivity contribution in [3.8, 4) is 0 Å². The molecule has 1 aliphatic heterocycles. The van der Waals surface area contributed by atoms with Gasteiger partial charge in [-0.2, -0.15) is 0 Å². The van der Waals surface area contributed by atoms with Crippen LogP contribution in [0.3, 0.4) is 0 Å². The highest BCUT2D eigenvalue weighted by molar-refractivity contribution is 9.10. The molecule has 6 heteroatoms. The minimum atomic E-state index is -0.314. The molecule has 2 aromatic rings. The maximum absolute atomic E-state index is 12.9. The summed E-state index contributed by atoms with van der Waals surface area (Å²) in [5, 5.41) is 2.80. The minimum Gasteiger partial charge on any atom is -0.368 e. The number of nitrogens with zero attached hydrogens (tertiary/aromatic N) is 2. The lowest BCUT2D eigenvalue weighted by atomic mass is 10.2. The molecule has 3 rings (SSSR count). The Bertz CT molecular complexity index is 684. The van der Waals surface area contributed by atoms with Gasteiger partial charge in [-0.15, -0.1) is 0 Å². The Morgan fingerprint density at radius 1 is 1.04 bits per heavy atom. The molecule has 0 aromatic heterocycles. The number of anilines is 2. The van der Waals surface area contributed by atoms with Gasteiger partial charge < -0.3 is 15.1 Å². The predicted octanol–water partition coefficient (Wildman–Crippen LogP) is 3.94. The average Bonchev–Trinajstić information content (AvgIpc) is 2.57. The number of halogens is 2. The van der Waals surface area contributed by atoms with E-state index in [0.29, 0.717) is 18.8 Å². The molecule has 4 nitrogen and oxygen atoms in total. The summed E-state index contributed by atoms with van der Waals surface area (Å²) in [7, 11) is 0. The summed E-state index contributed by atoms with van der Waals surface area (Å²) in [5.41, 5.74) is 1.75. The Morgan fingerprint density at radius 3 is 2.39 bits per heavy atom. The molecular weight excluding hydrogens is 361 g/mol. The number of piperazine rings is 1. The second-order valence-electron chi connectivity index (χ2n) is 5.39. The first-order chi connectivity index (χ1) is 11.1. The van der Waals surface area contributed by atoms with Crippen LogP contribution in [0, 0.1) is 5.82 Å². The fourth-order valence-corrected chi connectivity index (χ4v) is 2.96. The zero-order valence-corrected chi connectivity index (χ0v) is 14.1. The van der Waals surface area contributed by atoms with Crippen molar-refractivity contribution >= 4 is 33.3 Å². The predicted molar refractivity (Wildman–Crippen MR) is 93.3 cm³/mol. The van der Waals surface area contributed by atoms with Crippen molar-refractivity contribution in [2.75, 3.05) is 36.4 Å². The summed E-state index contributed by atoms with van der Waals surface area (Å²) >= 11 is 3.48. The Hall–Kier alpha value is -2.08. The normalized spacial score (nSPS) is 14.7. The number of carbonyl (C=O) groups excluding carboxylic acids is 1. The molecule has 1 N–H and O–H groups in total. The van der Waals surface area contributed by atoms with E-state index in [1.807, 2.05) is 12.1 Å². The van der Waals surface area contributed by atoms with Crippen molar-refractivity contribution in [2.24, 2.45) is 0 Å². The first kappa shape index (κ1) is 15.8. The third-order valence-electron chi connectivity index (χ3n) is 3.84. The summed E-state index contributed by atoms with van der Waals surface area (Å²) in [6.45, 7) is 2.87. The summed E-state index contributed by atoms with van der Waals surface area (Å²) in [6, 6.07) is 13.8. The van der Waals surface area contributed by atoms with Gasteiger partial charge in [0.2, 0.25) is 0 Å². The summed E-state index contributed by atoms with van der Waals surface area (Å²) < 4.78 is 13.9. The van der Waals surface area contributed by atoms with Gasteiger partial charge in [-0.3, -0.25) is 0 Å². The Balaban J connectivity index is 1.56. The average molecular weight is 378 g/mol. The first-order valence-corrected chi connectivity index (χ1v) is 8.23. The lowest BCUT2D eigenvalue weighted by Crippen LogP contribution is -2.50. The van der Waals surface area contributed by atoms with Gasteiger partial charge in [0, 0.05) is 42.0 Å². The molecule has 120 valence electrons. The zero-order valence-electron chi connectivity index (χ0n) is 12.5. The van der Waals surface area contributed by atoms with Crippen LogP contribution in [0.25, 0.3) is 0 Å². The second-order valence-corrected chi connectivity index (χ2v) is 6.31. The van der Waals surface area contributed by atoms with E-state index in [4.69, 9.17) is 0 Å². The fourth-order valence-electron chi connectivity index (χ4n) is 2.58. The third kappa shape index (κ3) is 4.01. The quantitative estimate of drug-likeness (QED) is 0.859. The molecule has 0 unspecified atom stereocenters. The molecule has 0 saturated carbocycles. The number of carbonyl (C=O) groups is 1. The van der Waals surface area contributed by atoms with E-state index in [-0.39, 0.29) is 11.8 Å². The van der Waals surface area contributed by atoms with Gasteiger partial charge >= 0.3 is 6.03 Å². The zero-order chi connectivity index (χ0) is 16.2. The molecule has 0 aliphatic carbocycles. The molecule has 23 heavy (non-hydrogen) atoms. The van der Waals surface area contributed by atoms with Crippen molar-refractivity contribution in [2.45, 2.75) is 0 Å². The fraction of sp³-hybridized carbons (Fsp3) is 0.235. The highest BCUT2D eigenvalue weighted by Gasteiger charge is 2.21. The van der Waals surface area contributed by atoms with Crippen LogP contribution in [-0.4, -0.2) is 37.1 Å². The van der Waals surface area contributed by atoms with E-state index in [1.54, 1.807) is 17.0 Å². The molecule has 2 amide bonds. The van der Waals surface area contributed by atoms with E-state index >= 15 is 0 Å². The van der Waals surface area contributed by atoms with Crippen molar-refractivity contribution < 1.29 is 9.18 Å². The highest BCUT2D eigenvalue weighted by atomic mass is 79.9. The van der Waals surface area contributed by atoms with Gasteiger partial charge in [0.1, 0.15) is 5.82 Å². The number of benzene rings is 2. The second kappa shape index (κ2) is 7.00. The Kier molecular flexibility index (Phi) is 4.81. The maximum atomic E-state index is 12.9. The van der Waals surface area contributed by atoms with Crippen LogP contribution >= 0.6 is 15.9 Å². The molecule has 1 aliphatic rings.